The van der Waals surface area contributed by atoms with E-state index in [4.69, 9.17) is 5.11 Å². The number of rotatable bonds is 8. The molecule has 0 radical (unpaired) electrons. The second kappa shape index (κ2) is 9.72. The fourth-order valence-corrected chi connectivity index (χ4v) is 4.40. The fourth-order valence-electron chi connectivity index (χ4n) is 4.40. The van der Waals surface area contributed by atoms with Gasteiger partial charge in [-0.05, 0) is 49.8 Å². The van der Waals surface area contributed by atoms with Crippen LogP contribution in [-0.2, 0) is 11.2 Å². The highest BCUT2D eigenvalue weighted by Crippen LogP contribution is 2.30. The third kappa shape index (κ3) is 5.57. The van der Waals surface area contributed by atoms with Crippen molar-refractivity contribution in [3.05, 3.63) is 59.2 Å². The quantitative estimate of drug-likeness (QED) is 0.645. The van der Waals surface area contributed by atoms with Crippen molar-refractivity contribution in [1.82, 2.24) is 4.90 Å². The number of aromatic carboxylic acids is 1. The normalized spacial score (nSPS) is 21.2. The zero-order valence-electron chi connectivity index (χ0n) is 16.8. The number of carbonyl (C=O) groups is 2. The van der Waals surface area contributed by atoms with E-state index in [-0.39, 0.29) is 11.9 Å². The number of hydrogen-bond acceptors (Lipinski definition) is 2. The summed E-state index contributed by atoms with van der Waals surface area (Å²) in [6, 6.07) is 7.09. The summed E-state index contributed by atoms with van der Waals surface area (Å²) in [5.41, 5.74) is 2.78. The molecule has 2 aliphatic rings. The maximum Gasteiger partial charge on any atom is 0.335 e. The van der Waals surface area contributed by atoms with Gasteiger partial charge in [-0.3, -0.25) is 4.79 Å². The van der Waals surface area contributed by atoms with E-state index < -0.39 is 5.97 Å². The lowest BCUT2D eigenvalue weighted by Crippen LogP contribution is -2.33. The average Bonchev–Trinajstić information content (AvgIpc) is 3.30. The highest BCUT2D eigenvalue weighted by molar-refractivity contribution is 5.87. The highest BCUT2D eigenvalue weighted by atomic mass is 16.4. The zero-order chi connectivity index (χ0) is 19.9. The second-order valence-corrected chi connectivity index (χ2v) is 8.20. The largest absolute Gasteiger partial charge is 0.478 e. The first-order valence-corrected chi connectivity index (χ1v) is 10.5. The van der Waals surface area contributed by atoms with Crippen LogP contribution in [0.2, 0.25) is 0 Å². The maximum atomic E-state index is 12.3. The Morgan fingerprint density at radius 2 is 1.89 bits per heavy atom. The SMILES string of the molecule is C/C(=C\C=C/[C@H]1CCC(=O)N1CCc1ccc(C(=O)O)cc1)CC1CCCC1. The molecule has 0 aromatic heterocycles. The number of benzene rings is 1. The molecule has 1 saturated heterocycles. The van der Waals surface area contributed by atoms with Gasteiger partial charge in [-0.15, -0.1) is 0 Å². The summed E-state index contributed by atoms with van der Waals surface area (Å²) in [5, 5.41) is 8.98. The van der Waals surface area contributed by atoms with Crippen molar-refractivity contribution in [2.45, 2.75) is 64.3 Å². The summed E-state index contributed by atoms with van der Waals surface area (Å²) in [5.74, 6) is 0.160. The van der Waals surface area contributed by atoms with E-state index in [1.807, 2.05) is 17.0 Å². The summed E-state index contributed by atoms with van der Waals surface area (Å²) in [7, 11) is 0. The predicted octanol–water partition coefficient (Wildman–Crippen LogP) is 5.00. The second-order valence-electron chi connectivity index (χ2n) is 8.20. The van der Waals surface area contributed by atoms with Crippen LogP contribution >= 0.6 is 0 Å². The number of carboxylic acid groups (broad SMARTS) is 1. The van der Waals surface area contributed by atoms with E-state index in [1.54, 1.807) is 12.1 Å². The molecule has 1 aliphatic carbocycles. The Labute approximate surface area is 167 Å². The van der Waals surface area contributed by atoms with E-state index in [0.29, 0.717) is 18.5 Å². The van der Waals surface area contributed by atoms with Gasteiger partial charge in [0.05, 0.1) is 11.6 Å². The molecule has 3 rings (SSSR count). The van der Waals surface area contributed by atoms with Gasteiger partial charge in [0.25, 0.3) is 0 Å². The van der Waals surface area contributed by atoms with Crippen LogP contribution in [0.5, 0.6) is 0 Å². The third-order valence-electron chi connectivity index (χ3n) is 6.02. The Balaban J connectivity index is 1.52. The first-order valence-electron chi connectivity index (χ1n) is 10.5. The molecular formula is C24H31NO3. The van der Waals surface area contributed by atoms with Crippen LogP contribution in [0.25, 0.3) is 0 Å². The molecule has 1 heterocycles. The van der Waals surface area contributed by atoms with Crippen LogP contribution in [0.4, 0.5) is 0 Å². The summed E-state index contributed by atoms with van der Waals surface area (Å²) in [6.07, 6.45) is 15.4. The first kappa shape index (κ1) is 20.4. The number of nitrogens with zero attached hydrogens (tertiary/aromatic N) is 1. The Morgan fingerprint density at radius 3 is 2.57 bits per heavy atom. The van der Waals surface area contributed by atoms with Crippen molar-refractivity contribution >= 4 is 11.9 Å². The van der Waals surface area contributed by atoms with E-state index in [0.717, 1.165) is 24.3 Å². The maximum absolute atomic E-state index is 12.3. The molecule has 0 bridgehead atoms. The monoisotopic (exact) mass is 381 g/mol. The number of allylic oxidation sites excluding steroid dienone is 3. The standard InChI is InChI=1S/C24H31NO3/c1-18(17-20-6-2-3-7-20)5-4-8-22-13-14-23(26)25(22)16-15-19-9-11-21(12-10-19)24(27)28/h4-5,8-12,20,22H,2-3,6-7,13-17H2,1H3,(H,27,28)/b8-4-,18-5+/t22-/m0/s1. The van der Waals surface area contributed by atoms with Gasteiger partial charge in [-0.25, -0.2) is 4.79 Å². The lowest BCUT2D eigenvalue weighted by molar-refractivity contribution is -0.128. The van der Waals surface area contributed by atoms with Crippen molar-refractivity contribution < 1.29 is 14.7 Å². The van der Waals surface area contributed by atoms with Crippen LogP contribution in [0.15, 0.2) is 48.1 Å². The topological polar surface area (TPSA) is 57.6 Å². The molecule has 0 unspecified atom stereocenters. The lowest BCUT2D eigenvalue weighted by Gasteiger charge is -2.22. The molecular weight excluding hydrogens is 350 g/mol. The minimum Gasteiger partial charge on any atom is -0.478 e. The summed E-state index contributed by atoms with van der Waals surface area (Å²) >= 11 is 0. The van der Waals surface area contributed by atoms with Gasteiger partial charge in [-0.1, -0.05) is 61.6 Å². The smallest absolute Gasteiger partial charge is 0.335 e. The predicted molar refractivity (Wildman–Crippen MR) is 111 cm³/mol. The van der Waals surface area contributed by atoms with Crippen molar-refractivity contribution in [3.63, 3.8) is 0 Å². The van der Waals surface area contributed by atoms with Gasteiger partial charge in [0, 0.05) is 13.0 Å². The number of carboxylic acids is 1. The summed E-state index contributed by atoms with van der Waals surface area (Å²) in [6.45, 7) is 2.88. The summed E-state index contributed by atoms with van der Waals surface area (Å²) < 4.78 is 0. The van der Waals surface area contributed by atoms with Crippen molar-refractivity contribution in [2.75, 3.05) is 6.54 Å². The van der Waals surface area contributed by atoms with Crippen molar-refractivity contribution in [3.8, 4) is 0 Å². The molecule has 1 amide bonds. The van der Waals surface area contributed by atoms with Crippen LogP contribution in [-0.4, -0.2) is 34.5 Å². The van der Waals surface area contributed by atoms with Crippen molar-refractivity contribution in [1.29, 1.82) is 0 Å². The molecule has 1 aromatic carbocycles. The van der Waals surface area contributed by atoms with Crippen LogP contribution in [0, 0.1) is 5.92 Å². The molecule has 1 atom stereocenters. The molecule has 1 aromatic rings. The van der Waals surface area contributed by atoms with Gasteiger partial charge >= 0.3 is 5.97 Å². The minimum atomic E-state index is -0.914. The molecule has 28 heavy (non-hydrogen) atoms. The van der Waals surface area contributed by atoms with Crippen LogP contribution < -0.4 is 0 Å². The molecule has 2 fully saturated rings. The van der Waals surface area contributed by atoms with Crippen LogP contribution in [0.3, 0.4) is 0 Å². The lowest BCUT2D eigenvalue weighted by atomic mass is 9.98. The van der Waals surface area contributed by atoms with E-state index in [2.05, 4.69) is 25.2 Å². The molecule has 1 saturated carbocycles. The minimum absolute atomic E-state index is 0.168. The average molecular weight is 382 g/mol. The molecule has 4 nitrogen and oxygen atoms in total. The Bertz CT molecular complexity index is 742. The molecule has 1 aliphatic heterocycles. The van der Waals surface area contributed by atoms with Crippen molar-refractivity contribution in [2.24, 2.45) is 5.92 Å². The number of hydrogen-bond donors (Lipinski definition) is 1. The van der Waals surface area contributed by atoms with Gasteiger partial charge in [0.1, 0.15) is 0 Å². The third-order valence-corrected chi connectivity index (χ3v) is 6.02. The summed E-state index contributed by atoms with van der Waals surface area (Å²) in [4.78, 5) is 25.2. The van der Waals surface area contributed by atoms with Gasteiger partial charge in [-0.2, -0.15) is 0 Å². The highest BCUT2D eigenvalue weighted by Gasteiger charge is 2.28. The zero-order valence-corrected chi connectivity index (χ0v) is 16.8. The van der Waals surface area contributed by atoms with Gasteiger partial charge in [0.15, 0.2) is 0 Å². The Kier molecular flexibility index (Phi) is 7.07. The number of likely N-dealkylation sites (tertiary alicyclic amines) is 1. The number of carbonyl (C=O) groups excluding carboxylic acids is 1. The van der Waals surface area contributed by atoms with Gasteiger partial charge in [0.2, 0.25) is 5.91 Å². The molecule has 4 heteroatoms. The van der Waals surface area contributed by atoms with Gasteiger partial charge < -0.3 is 10.0 Å². The Hall–Kier alpha value is -2.36. The van der Waals surface area contributed by atoms with E-state index >= 15 is 0 Å². The molecule has 0 spiro atoms. The fraction of sp³-hybridized carbons (Fsp3) is 0.500. The van der Waals surface area contributed by atoms with Crippen LogP contribution in [0.1, 0.15) is 67.8 Å². The molecule has 150 valence electrons. The number of amides is 1. The Morgan fingerprint density at radius 1 is 1.18 bits per heavy atom. The van der Waals surface area contributed by atoms with E-state index in [9.17, 15) is 9.59 Å². The first-order chi connectivity index (χ1) is 13.5. The molecule has 1 N–H and O–H groups in total. The van der Waals surface area contributed by atoms with E-state index in [1.165, 1.54) is 37.7 Å².